The van der Waals surface area contributed by atoms with Gasteiger partial charge in [0.1, 0.15) is 0 Å². The van der Waals surface area contributed by atoms with Gasteiger partial charge in [0.2, 0.25) is 0 Å². The monoisotopic (exact) mass is 260 g/mol. The van der Waals surface area contributed by atoms with Gasteiger partial charge in [0.15, 0.2) is 0 Å². The Balaban J connectivity index is 2.13. The molecule has 3 nitrogen and oxygen atoms in total. The molecule has 94 valence electrons. The fourth-order valence-corrected chi connectivity index (χ4v) is 3.44. The molecule has 2 heterocycles. The first kappa shape index (κ1) is 11.7. The Bertz CT molecular complexity index is 628. The van der Waals surface area contributed by atoms with Gasteiger partial charge in [-0.15, -0.1) is 11.3 Å². The summed E-state index contributed by atoms with van der Waals surface area (Å²) >= 11 is 1.60. The van der Waals surface area contributed by atoms with E-state index in [-0.39, 0.29) is 11.6 Å². The number of thiophene rings is 1. The minimum absolute atomic E-state index is 0.0524. The lowest BCUT2D eigenvalue weighted by Gasteiger charge is -2.14. The first-order valence-electron chi connectivity index (χ1n) is 6.19. The number of fused-ring (bicyclic) bond motifs is 1. The van der Waals surface area contributed by atoms with Crippen LogP contribution in [0.15, 0.2) is 28.4 Å². The SMILES string of the molecule is Cn1c2c(cc(C(N)c3cccs3)c1=O)CCC2. The van der Waals surface area contributed by atoms with Gasteiger partial charge in [-0.2, -0.15) is 0 Å². The van der Waals surface area contributed by atoms with Crippen LogP contribution in [0.25, 0.3) is 0 Å². The van der Waals surface area contributed by atoms with Crippen molar-refractivity contribution < 1.29 is 0 Å². The fraction of sp³-hybridized carbons (Fsp3) is 0.357. The first-order chi connectivity index (χ1) is 8.68. The Morgan fingerprint density at radius 1 is 1.44 bits per heavy atom. The zero-order valence-electron chi connectivity index (χ0n) is 10.3. The van der Waals surface area contributed by atoms with Crippen LogP contribution < -0.4 is 11.3 Å². The lowest BCUT2D eigenvalue weighted by molar-refractivity contribution is 0.746. The highest BCUT2D eigenvalue weighted by molar-refractivity contribution is 7.10. The molecule has 1 atom stereocenters. The summed E-state index contributed by atoms with van der Waals surface area (Å²) in [6.07, 6.45) is 3.21. The first-order valence-corrected chi connectivity index (χ1v) is 7.07. The van der Waals surface area contributed by atoms with E-state index in [9.17, 15) is 4.79 Å². The third-order valence-electron chi connectivity index (χ3n) is 3.70. The van der Waals surface area contributed by atoms with Crippen LogP contribution in [0.2, 0.25) is 0 Å². The standard InChI is InChI=1S/C14H16N2OS/c1-16-11-5-2-4-9(11)8-10(14(16)17)13(15)12-6-3-7-18-12/h3,6-8,13H,2,4-5,15H2,1H3. The molecule has 0 spiro atoms. The van der Waals surface area contributed by atoms with Gasteiger partial charge in [-0.3, -0.25) is 4.79 Å². The number of hydrogen-bond acceptors (Lipinski definition) is 3. The largest absolute Gasteiger partial charge is 0.319 e. The summed E-state index contributed by atoms with van der Waals surface area (Å²) in [6, 6.07) is 5.68. The normalized spacial score (nSPS) is 15.7. The van der Waals surface area contributed by atoms with Gasteiger partial charge in [0.25, 0.3) is 5.56 Å². The van der Waals surface area contributed by atoms with Gasteiger partial charge in [-0.25, -0.2) is 0 Å². The third-order valence-corrected chi connectivity index (χ3v) is 4.66. The molecular formula is C14H16N2OS. The zero-order valence-corrected chi connectivity index (χ0v) is 11.2. The van der Waals surface area contributed by atoms with E-state index in [1.54, 1.807) is 15.9 Å². The van der Waals surface area contributed by atoms with Crippen LogP contribution in [0.5, 0.6) is 0 Å². The van der Waals surface area contributed by atoms with E-state index < -0.39 is 0 Å². The molecule has 0 fully saturated rings. The van der Waals surface area contributed by atoms with Crippen molar-refractivity contribution in [2.75, 3.05) is 0 Å². The van der Waals surface area contributed by atoms with Crippen LogP contribution in [-0.4, -0.2) is 4.57 Å². The lowest BCUT2D eigenvalue weighted by Crippen LogP contribution is -2.29. The number of nitrogens with two attached hydrogens (primary N) is 1. The number of aryl methyl sites for hydroxylation is 1. The zero-order chi connectivity index (χ0) is 12.7. The Hall–Kier alpha value is -1.39. The molecular weight excluding hydrogens is 244 g/mol. The molecule has 0 amide bonds. The van der Waals surface area contributed by atoms with E-state index in [1.165, 1.54) is 11.3 Å². The van der Waals surface area contributed by atoms with Crippen molar-refractivity contribution in [1.29, 1.82) is 0 Å². The highest BCUT2D eigenvalue weighted by Gasteiger charge is 2.21. The second-order valence-corrected chi connectivity index (χ2v) is 5.76. The van der Waals surface area contributed by atoms with E-state index in [0.717, 1.165) is 29.7 Å². The molecule has 1 unspecified atom stereocenters. The van der Waals surface area contributed by atoms with Gasteiger partial charge in [-0.1, -0.05) is 6.07 Å². The summed E-state index contributed by atoms with van der Waals surface area (Å²) in [4.78, 5) is 13.4. The lowest BCUT2D eigenvalue weighted by atomic mass is 10.0. The second-order valence-electron chi connectivity index (χ2n) is 4.78. The molecule has 3 rings (SSSR count). The van der Waals surface area contributed by atoms with Crippen LogP contribution in [0, 0.1) is 0 Å². The second kappa shape index (κ2) is 4.37. The van der Waals surface area contributed by atoms with Crippen molar-refractivity contribution in [2.24, 2.45) is 12.8 Å². The van der Waals surface area contributed by atoms with Crippen LogP contribution in [0.3, 0.4) is 0 Å². The molecule has 2 N–H and O–H groups in total. The summed E-state index contributed by atoms with van der Waals surface area (Å²) in [5, 5.41) is 1.99. The summed E-state index contributed by atoms with van der Waals surface area (Å²) in [5.41, 5.74) is 9.47. The molecule has 1 aliphatic carbocycles. The molecule has 0 bridgehead atoms. The molecule has 4 heteroatoms. The average molecular weight is 260 g/mol. The van der Waals surface area contributed by atoms with Crippen molar-refractivity contribution in [3.8, 4) is 0 Å². The van der Waals surface area contributed by atoms with Crippen LogP contribution in [-0.2, 0) is 19.9 Å². The fourth-order valence-electron chi connectivity index (χ4n) is 2.70. The van der Waals surface area contributed by atoms with E-state index in [4.69, 9.17) is 5.73 Å². The molecule has 0 aliphatic heterocycles. The van der Waals surface area contributed by atoms with E-state index >= 15 is 0 Å². The highest BCUT2D eigenvalue weighted by atomic mass is 32.1. The summed E-state index contributed by atoms with van der Waals surface area (Å²) in [6.45, 7) is 0. The predicted molar refractivity (Wildman–Crippen MR) is 74.1 cm³/mol. The van der Waals surface area contributed by atoms with E-state index in [1.807, 2.05) is 30.6 Å². The number of aromatic nitrogens is 1. The Morgan fingerprint density at radius 3 is 3.00 bits per heavy atom. The van der Waals surface area contributed by atoms with Crippen LogP contribution >= 0.6 is 11.3 Å². The molecule has 2 aromatic rings. The van der Waals surface area contributed by atoms with Crippen molar-refractivity contribution in [1.82, 2.24) is 4.57 Å². The predicted octanol–water partition coefficient (Wildman–Crippen LogP) is 1.98. The number of nitrogens with zero attached hydrogens (tertiary/aromatic N) is 1. The molecule has 1 aliphatic rings. The highest BCUT2D eigenvalue weighted by Crippen LogP contribution is 2.26. The van der Waals surface area contributed by atoms with Crippen molar-refractivity contribution in [2.45, 2.75) is 25.3 Å². The summed E-state index contributed by atoms with van der Waals surface area (Å²) in [5.74, 6) is 0. The van der Waals surface area contributed by atoms with Crippen molar-refractivity contribution >= 4 is 11.3 Å². The van der Waals surface area contributed by atoms with Crippen LogP contribution in [0.4, 0.5) is 0 Å². The Kier molecular flexibility index (Phi) is 2.84. The van der Waals surface area contributed by atoms with E-state index in [0.29, 0.717) is 0 Å². The third kappa shape index (κ3) is 1.72. The Labute approximate surface area is 110 Å². The van der Waals surface area contributed by atoms with Gasteiger partial charge >= 0.3 is 0 Å². The molecule has 2 aromatic heterocycles. The van der Waals surface area contributed by atoms with Crippen LogP contribution in [0.1, 0.15) is 34.2 Å². The van der Waals surface area contributed by atoms with Crippen molar-refractivity contribution in [3.63, 3.8) is 0 Å². The molecule has 0 aromatic carbocycles. The maximum absolute atomic E-state index is 12.4. The van der Waals surface area contributed by atoms with Gasteiger partial charge in [-0.05, 0) is 42.3 Å². The molecule has 0 saturated carbocycles. The minimum Gasteiger partial charge on any atom is -0.319 e. The topological polar surface area (TPSA) is 48.0 Å². The van der Waals surface area contributed by atoms with Gasteiger partial charge in [0, 0.05) is 23.2 Å². The van der Waals surface area contributed by atoms with Gasteiger partial charge < -0.3 is 10.3 Å². The summed E-state index contributed by atoms with van der Waals surface area (Å²) < 4.78 is 1.78. The Morgan fingerprint density at radius 2 is 2.28 bits per heavy atom. The molecule has 0 radical (unpaired) electrons. The number of hydrogen-bond donors (Lipinski definition) is 1. The van der Waals surface area contributed by atoms with Crippen molar-refractivity contribution in [3.05, 3.63) is 55.6 Å². The average Bonchev–Trinajstić information content (AvgIpc) is 3.02. The smallest absolute Gasteiger partial charge is 0.255 e. The quantitative estimate of drug-likeness (QED) is 0.897. The van der Waals surface area contributed by atoms with Gasteiger partial charge in [0.05, 0.1) is 6.04 Å². The maximum atomic E-state index is 12.4. The minimum atomic E-state index is -0.297. The number of pyridine rings is 1. The van der Waals surface area contributed by atoms with E-state index in [2.05, 4.69) is 0 Å². The number of rotatable bonds is 2. The molecule has 18 heavy (non-hydrogen) atoms. The molecule has 0 saturated heterocycles. The summed E-state index contributed by atoms with van der Waals surface area (Å²) in [7, 11) is 1.86. The maximum Gasteiger partial charge on any atom is 0.255 e.